The Hall–Kier alpha value is -1.33. The molecule has 0 saturated heterocycles. The van der Waals surface area contributed by atoms with Crippen molar-refractivity contribution in [2.75, 3.05) is 0 Å². The molecule has 0 spiro atoms. The molecule has 2 rings (SSSR count). The molecule has 3 nitrogen and oxygen atoms in total. The molecule has 0 N–H and O–H groups in total. The van der Waals surface area contributed by atoms with Crippen molar-refractivity contribution in [3.8, 4) is 0 Å². The number of alkyl halides is 3. The first-order chi connectivity index (χ1) is 7.43. The third kappa shape index (κ3) is 1.72. The van der Waals surface area contributed by atoms with Gasteiger partial charge >= 0.3 is 6.18 Å². The molecule has 0 amide bonds. The number of Topliss-reactive ketones (excluding diaryl/α,β-unsaturated/α-hetero) is 1. The van der Waals surface area contributed by atoms with Gasteiger partial charge in [0.05, 0.1) is 0 Å². The van der Waals surface area contributed by atoms with Gasteiger partial charge in [0, 0.05) is 30.6 Å². The fourth-order valence-corrected chi connectivity index (χ4v) is 2.02. The minimum Gasteiger partial charge on any atom is -0.299 e. The molecule has 0 saturated carbocycles. The number of carbonyl (C=O) groups is 1. The van der Waals surface area contributed by atoms with Crippen LogP contribution in [0, 0.1) is 0 Å². The number of hydrogen-bond acceptors (Lipinski definition) is 2. The maximum Gasteiger partial charge on any atom is 0.435 e. The van der Waals surface area contributed by atoms with Crippen LogP contribution in [0.4, 0.5) is 13.2 Å². The summed E-state index contributed by atoms with van der Waals surface area (Å²) in [5.41, 5.74) is -0.183. The predicted molar refractivity (Wildman–Crippen MR) is 49.9 cm³/mol. The molecule has 0 bridgehead atoms. The van der Waals surface area contributed by atoms with Gasteiger partial charge in [-0.05, 0) is 13.3 Å². The van der Waals surface area contributed by atoms with Crippen LogP contribution in [0.3, 0.4) is 0 Å². The lowest BCUT2D eigenvalue weighted by molar-refractivity contribution is -0.142. The van der Waals surface area contributed by atoms with Crippen LogP contribution in [0.1, 0.15) is 30.3 Å². The zero-order valence-electron chi connectivity index (χ0n) is 8.76. The topological polar surface area (TPSA) is 34.9 Å². The van der Waals surface area contributed by atoms with Crippen LogP contribution in [0.15, 0.2) is 0 Å². The number of fused-ring (bicyclic) bond motifs is 1. The summed E-state index contributed by atoms with van der Waals surface area (Å²) in [7, 11) is 0. The van der Waals surface area contributed by atoms with E-state index in [4.69, 9.17) is 0 Å². The number of hydrogen-bond donors (Lipinski definition) is 0. The maximum absolute atomic E-state index is 12.7. The maximum atomic E-state index is 12.7. The van der Waals surface area contributed by atoms with Gasteiger partial charge in [0.15, 0.2) is 5.69 Å². The minimum atomic E-state index is -4.43. The van der Waals surface area contributed by atoms with Crippen molar-refractivity contribution < 1.29 is 18.0 Å². The first-order valence-corrected chi connectivity index (χ1v) is 5.11. The third-order valence-corrected chi connectivity index (χ3v) is 2.75. The monoisotopic (exact) mass is 232 g/mol. The van der Waals surface area contributed by atoms with E-state index in [0.717, 1.165) is 0 Å². The van der Waals surface area contributed by atoms with Gasteiger partial charge in [-0.2, -0.15) is 18.3 Å². The average Bonchev–Trinajstić information content (AvgIpc) is 2.55. The number of aryl methyl sites for hydroxylation is 1. The molecule has 16 heavy (non-hydrogen) atoms. The fraction of sp³-hybridized carbons (Fsp3) is 0.600. The van der Waals surface area contributed by atoms with E-state index >= 15 is 0 Å². The minimum absolute atomic E-state index is 0.0178. The van der Waals surface area contributed by atoms with Crippen LogP contribution in [-0.4, -0.2) is 15.6 Å². The standard InChI is InChI=1S/C10H11F3N2O/c1-2-15-8-5-6(16)3-4-7(8)9(14-15)10(11,12)13/h2-5H2,1H3. The lowest BCUT2D eigenvalue weighted by Gasteiger charge is -2.13. The number of rotatable bonds is 1. The molecule has 0 atom stereocenters. The average molecular weight is 232 g/mol. The molecule has 1 aromatic heterocycles. The van der Waals surface area contributed by atoms with Crippen molar-refractivity contribution in [2.45, 2.75) is 38.9 Å². The Labute approximate surface area is 90.2 Å². The lowest BCUT2D eigenvalue weighted by Crippen LogP contribution is -2.17. The van der Waals surface area contributed by atoms with E-state index < -0.39 is 11.9 Å². The largest absolute Gasteiger partial charge is 0.435 e. The van der Waals surface area contributed by atoms with E-state index in [0.29, 0.717) is 12.2 Å². The summed E-state index contributed by atoms with van der Waals surface area (Å²) < 4.78 is 39.3. The van der Waals surface area contributed by atoms with Crippen molar-refractivity contribution in [1.29, 1.82) is 0 Å². The Balaban J connectivity index is 2.54. The number of ketones is 1. The summed E-state index contributed by atoms with van der Waals surface area (Å²) in [5, 5.41) is 3.56. The summed E-state index contributed by atoms with van der Waals surface area (Å²) in [6, 6.07) is 0. The van der Waals surface area contributed by atoms with Crippen molar-refractivity contribution in [1.82, 2.24) is 9.78 Å². The molecule has 0 aromatic carbocycles. The summed E-state index contributed by atoms with van der Waals surface area (Å²) in [6.45, 7) is 2.07. The number of aromatic nitrogens is 2. The molecule has 1 heterocycles. The van der Waals surface area contributed by atoms with Gasteiger partial charge in [-0.15, -0.1) is 0 Å². The summed E-state index contributed by atoms with van der Waals surface area (Å²) in [6.07, 6.45) is -4.01. The van der Waals surface area contributed by atoms with Crippen molar-refractivity contribution in [3.05, 3.63) is 17.0 Å². The van der Waals surface area contributed by atoms with E-state index in [1.165, 1.54) is 4.68 Å². The molecule has 1 aliphatic carbocycles. The molecule has 88 valence electrons. The van der Waals surface area contributed by atoms with Crippen molar-refractivity contribution in [2.24, 2.45) is 0 Å². The highest BCUT2D eigenvalue weighted by atomic mass is 19.4. The van der Waals surface area contributed by atoms with Gasteiger partial charge in [-0.25, -0.2) is 0 Å². The van der Waals surface area contributed by atoms with Gasteiger partial charge in [-0.3, -0.25) is 9.48 Å². The zero-order chi connectivity index (χ0) is 11.9. The predicted octanol–water partition coefficient (Wildman–Crippen LogP) is 1.98. The second-order valence-corrected chi connectivity index (χ2v) is 3.80. The number of nitrogens with zero attached hydrogens (tertiary/aromatic N) is 2. The Morgan fingerprint density at radius 3 is 2.62 bits per heavy atom. The van der Waals surface area contributed by atoms with E-state index in [-0.39, 0.29) is 30.6 Å². The Morgan fingerprint density at radius 2 is 2.06 bits per heavy atom. The highest BCUT2D eigenvalue weighted by molar-refractivity contribution is 5.82. The molecule has 0 aliphatic heterocycles. The fourth-order valence-electron chi connectivity index (χ4n) is 2.02. The quantitative estimate of drug-likeness (QED) is 0.742. The molecule has 6 heteroatoms. The van der Waals surface area contributed by atoms with E-state index in [1.54, 1.807) is 6.92 Å². The van der Waals surface area contributed by atoms with Gasteiger partial charge < -0.3 is 0 Å². The van der Waals surface area contributed by atoms with Crippen LogP contribution in [0.2, 0.25) is 0 Å². The van der Waals surface area contributed by atoms with Crippen LogP contribution in [0.5, 0.6) is 0 Å². The normalized spacial score (nSPS) is 16.4. The molecule has 1 aromatic rings. The van der Waals surface area contributed by atoms with Gasteiger partial charge in [0.1, 0.15) is 5.78 Å². The highest BCUT2D eigenvalue weighted by Gasteiger charge is 2.40. The summed E-state index contributed by atoms with van der Waals surface area (Å²) >= 11 is 0. The zero-order valence-corrected chi connectivity index (χ0v) is 8.76. The van der Waals surface area contributed by atoms with Gasteiger partial charge in [-0.1, -0.05) is 0 Å². The Kier molecular flexibility index (Phi) is 2.52. The van der Waals surface area contributed by atoms with Crippen LogP contribution >= 0.6 is 0 Å². The second-order valence-electron chi connectivity index (χ2n) is 3.80. The van der Waals surface area contributed by atoms with Gasteiger partial charge in [0.25, 0.3) is 0 Å². The Morgan fingerprint density at radius 1 is 1.38 bits per heavy atom. The van der Waals surface area contributed by atoms with E-state index in [9.17, 15) is 18.0 Å². The Bertz CT molecular complexity index is 434. The van der Waals surface area contributed by atoms with Crippen LogP contribution < -0.4 is 0 Å². The van der Waals surface area contributed by atoms with Crippen molar-refractivity contribution in [3.63, 3.8) is 0 Å². The SMILES string of the molecule is CCn1nc(C(F)(F)F)c2c1CC(=O)CC2. The van der Waals surface area contributed by atoms with Crippen LogP contribution in [-0.2, 0) is 30.4 Å². The van der Waals surface area contributed by atoms with Gasteiger partial charge in [0.2, 0.25) is 0 Å². The molecule has 0 unspecified atom stereocenters. The highest BCUT2D eigenvalue weighted by Crippen LogP contribution is 2.35. The second kappa shape index (κ2) is 3.61. The summed E-state index contributed by atoms with van der Waals surface area (Å²) in [5.74, 6) is -0.0178. The van der Waals surface area contributed by atoms with E-state index in [2.05, 4.69) is 5.10 Å². The lowest BCUT2D eigenvalue weighted by atomic mass is 9.94. The molecular formula is C10H11F3N2O. The third-order valence-electron chi connectivity index (χ3n) is 2.75. The summed E-state index contributed by atoms with van der Waals surface area (Å²) in [4.78, 5) is 11.2. The first-order valence-electron chi connectivity index (χ1n) is 5.11. The molecule has 0 fully saturated rings. The van der Waals surface area contributed by atoms with Crippen molar-refractivity contribution >= 4 is 5.78 Å². The van der Waals surface area contributed by atoms with E-state index in [1.807, 2.05) is 0 Å². The smallest absolute Gasteiger partial charge is 0.299 e. The molecule has 0 radical (unpaired) electrons. The molecule has 1 aliphatic rings. The number of halogens is 3. The van der Waals surface area contributed by atoms with Crippen LogP contribution in [0.25, 0.3) is 0 Å². The number of carbonyl (C=O) groups excluding carboxylic acids is 1. The first kappa shape index (κ1) is 11.2. The molecular weight excluding hydrogens is 221 g/mol.